The number of thioether (sulfide) groups is 2. The van der Waals surface area contributed by atoms with Crippen LogP contribution in [0.2, 0.25) is 0 Å². The Balaban J connectivity index is 0.000000240. The van der Waals surface area contributed by atoms with Gasteiger partial charge in [-0.15, -0.1) is 0 Å². The van der Waals surface area contributed by atoms with Gasteiger partial charge < -0.3 is 10.6 Å². The standard InChI is InChI=1S/C14H12F3N3OS.C13H11F5N2OS/c1-8(10-6-4-3-5-9(10)7-18)19-12-20-11(21)13(2,22-12)14(15,16)17;1-6(9-7(14)4-3-5-8(9)15)19-11-20-10(21)12(2,22-11)13(16,17)18/h3-6,8H,1-2H3,(H,19,20,21);3-6H,1-2H3,(H,19,20,21)/t8-,13?;6-,12?/m00/s1. The van der Waals surface area contributed by atoms with Gasteiger partial charge in [-0.2, -0.15) is 31.6 Å². The highest BCUT2D eigenvalue weighted by Crippen LogP contribution is 2.46. The molecule has 2 saturated heterocycles. The van der Waals surface area contributed by atoms with Crippen LogP contribution in [-0.4, -0.2) is 44.0 Å². The average Bonchev–Trinajstić information content (AvgIpc) is 3.38. The van der Waals surface area contributed by atoms with Crippen molar-refractivity contribution in [2.75, 3.05) is 0 Å². The van der Waals surface area contributed by atoms with Gasteiger partial charge in [-0.1, -0.05) is 47.8 Å². The molecule has 2 aromatic rings. The molecule has 0 aromatic heterocycles. The largest absolute Gasteiger partial charge is 0.412 e. The molecule has 2 aliphatic rings. The number of alkyl halides is 6. The number of hydrogen-bond donors (Lipinski definition) is 2. The van der Waals surface area contributed by atoms with Crippen molar-refractivity contribution in [3.05, 3.63) is 70.8 Å². The van der Waals surface area contributed by atoms with E-state index in [2.05, 4.69) is 15.3 Å². The molecule has 2 fully saturated rings. The molecular formula is C27H23F8N5O2S2. The van der Waals surface area contributed by atoms with Gasteiger partial charge in [0, 0.05) is 5.56 Å². The fourth-order valence-corrected chi connectivity index (χ4v) is 5.81. The Hall–Kier alpha value is -3.65. The Morgan fingerprint density at radius 3 is 1.61 bits per heavy atom. The number of amides is 2. The molecule has 0 saturated carbocycles. The van der Waals surface area contributed by atoms with Crippen LogP contribution in [0.15, 0.2) is 52.4 Å². The quantitative estimate of drug-likeness (QED) is 0.353. The molecule has 44 heavy (non-hydrogen) atoms. The number of carbonyl (C=O) groups is 2. The van der Waals surface area contributed by atoms with E-state index >= 15 is 0 Å². The van der Waals surface area contributed by atoms with Crippen molar-refractivity contribution in [2.45, 2.75) is 61.6 Å². The van der Waals surface area contributed by atoms with Crippen molar-refractivity contribution in [2.24, 2.45) is 9.98 Å². The number of amidine groups is 2. The molecule has 4 rings (SSSR count). The average molecular weight is 666 g/mol. The third kappa shape index (κ3) is 7.01. The summed E-state index contributed by atoms with van der Waals surface area (Å²) < 4.78 is 99.6. The molecule has 4 atom stereocenters. The lowest BCUT2D eigenvalue weighted by Gasteiger charge is -2.21. The lowest BCUT2D eigenvalue weighted by Crippen LogP contribution is -2.46. The number of hydrogen-bond acceptors (Lipinski definition) is 7. The molecule has 0 aliphatic carbocycles. The molecule has 2 heterocycles. The van der Waals surface area contributed by atoms with Gasteiger partial charge in [0.15, 0.2) is 19.8 Å². The van der Waals surface area contributed by atoms with E-state index in [1.165, 1.54) is 13.0 Å². The van der Waals surface area contributed by atoms with Crippen LogP contribution in [-0.2, 0) is 9.59 Å². The lowest BCUT2D eigenvalue weighted by molar-refractivity contribution is -0.167. The second-order valence-electron chi connectivity index (χ2n) is 9.73. The first kappa shape index (κ1) is 34.8. The van der Waals surface area contributed by atoms with Crippen LogP contribution in [0, 0.1) is 23.0 Å². The van der Waals surface area contributed by atoms with Crippen molar-refractivity contribution < 1.29 is 44.7 Å². The Bertz CT molecular complexity index is 1540. The topological polar surface area (TPSA) is 107 Å². The van der Waals surface area contributed by atoms with Gasteiger partial charge in [0.1, 0.15) is 11.6 Å². The monoisotopic (exact) mass is 665 g/mol. The predicted octanol–water partition coefficient (Wildman–Crippen LogP) is 6.73. The summed E-state index contributed by atoms with van der Waals surface area (Å²) in [6.45, 7) is 4.52. The highest BCUT2D eigenvalue weighted by atomic mass is 32.2. The number of nitrogens with one attached hydrogen (secondary N) is 2. The van der Waals surface area contributed by atoms with E-state index in [-0.39, 0.29) is 27.7 Å². The number of nitrogens with zero attached hydrogens (tertiary/aromatic N) is 3. The van der Waals surface area contributed by atoms with Crippen molar-refractivity contribution in [1.29, 1.82) is 5.26 Å². The highest BCUT2D eigenvalue weighted by Gasteiger charge is 2.62. The lowest BCUT2D eigenvalue weighted by atomic mass is 10.0. The second-order valence-corrected chi connectivity index (χ2v) is 12.5. The van der Waals surface area contributed by atoms with E-state index in [0.29, 0.717) is 22.9 Å². The minimum Gasteiger partial charge on any atom is -0.304 e. The van der Waals surface area contributed by atoms with Crippen LogP contribution in [0.5, 0.6) is 0 Å². The number of aliphatic imine (C=N–C) groups is 2. The third-order valence-corrected chi connectivity index (χ3v) is 9.01. The summed E-state index contributed by atoms with van der Waals surface area (Å²) in [4.78, 5) is 31.0. The van der Waals surface area contributed by atoms with Gasteiger partial charge in [-0.05, 0) is 51.5 Å². The maximum absolute atomic E-state index is 13.6. The summed E-state index contributed by atoms with van der Waals surface area (Å²) in [5, 5.41) is 12.8. The molecule has 2 aliphatic heterocycles. The van der Waals surface area contributed by atoms with Crippen LogP contribution in [0.4, 0.5) is 35.1 Å². The van der Waals surface area contributed by atoms with Gasteiger partial charge in [0.25, 0.3) is 11.8 Å². The molecule has 2 aromatic carbocycles. The normalized spacial score (nSPS) is 25.2. The van der Waals surface area contributed by atoms with Crippen LogP contribution < -0.4 is 10.6 Å². The van der Waals surface area contributed by atoms with Crippen LogP contribution in [0.3, 0.4) is 0 Å². The summed E-state index contributed by atoms with van der Waals surface area (Å²) >= 11 is 0.528. The Kier molecular flexibility index (Phi) is 10.1. The van der Waals surface area contributed by atoms with Crippen molar-refractivity contribution in [3.8, 4) is 6.07 Å². The predicted molar refractivity (Wildman–Crippen MR) is 150 cm³/mol. The molecule has 0 bridgehead atoms. The summed E-state index contributed by atoms with van der Waals surface area (Å²) in [5.74, 6) is -4.11. The van der Waals surface area contributed by atoms with Crippen LogP contribution >= 0.6 is 23.5 Å². The first-order valence-corrected chi connectivity index (χ1v) is 14.1. The van der Waals surface area contributed by atoms with Crippen LogP contribution in [0.25, 0.3) is 0 Å². The Morgan fingerprint density at radius 1 is 0.773 bits per heavy atom. The Morgan fingerprint density at radius 2 is 1.20 bits per heavy atom. The first-order chi connectivity index (χ1) is 20.2. The zero-order valence-electron chi connectivity index (χ0n) is 23.2. The molecule has 17 heteroatoms. The molecule has 2 N–H and O–H groups in total. The summed E-state index contributed by atoms with van der Waals surface area (Å²) in [6, 6.07) is 10.3. The SMILES string of the molecule is C[C@H](N=C1NC(=O)C(C)(C(F)(F)F)S1)c1c(F)cccc1F.C[C@H](N=C1NC(=O)C(C)(C(F)(F)F)S1)c1ccccc1C#N. The smallest absolute Gasteiger partial charge is 0.304 e. The van der Waals surface area contributed by atoms with E-state index in [9.17, 15) is 44.7 Å². The molecular weight excluding hydrogens is 642 g/mol. The van der Waals surface area contributed by atoms with E-state index in [1.54, 1.807) is 31.2 Å². The van der Waals surface area contributed by atoms with E-state index < -0.39 is 57.4 Å². The van der Waals surface area contributed by atoms with Gasteiger partial charge in [0.05, 0.1) is 23.7 Å². The van der Waals surface area contributed by atoms with E-state index in [1.807, 2.05) is 11.4 Å². The molecule has 0 radical (unpaired) electrons. The van der Waals surface area contributed by atoms with Crippen molar-refractivity contribution >= 4 is 45.7 Å². The maximum atomic E-state index is 13.6. The number of nitriles is 1. The second kappa shape index (κ2) is 12.8. The van der Waals surface area contributed by atoms with Gasteiger partial charge in [-0.25, -0.2) is 8.78 Å². The number of carbonyl (C=O) groups excluding carboxylic acids is 2. The third-order valence-electron chi connectivity index (χ3n) is 6.56. The zero-order valence-corrected chi connectivity index (χ0v) is 24.8. The Labute approximate surface area is 254 Å². The first-order valence-electron chi connectivity index (χ1n) is 12.5. The summed E-state index contributed by atoms with van der Waals surface area (Å²) in [7, 11) is 0. The van der Waals surface area contributed by atoms with Crippen molar-refractivity contribution in [1.82, 2.24) is 10.6 Å². The molecule has 0 spiro atoms. The van der Waals surface area contributed by atoms with E-state index in [0.717, 1.165) is 26.0 Å². The molecule has 7 nitrogen and oxygen atoms in total. The molecule has 2 unspecified atom stereocenters. The minimum absolute atomic E-state index is 0.0925. The summed E-state index contributed by atoms with van der Waals surface area (Å²) in [6.07, 6.45) is -9.45. The van der Waals surface area contributed by atoms with Crippen molar-refractivity contribution in [3.63, 3.8) is 0 Å². The highest BCUT2D eigenvalue weighted by molar-refractivity contribution is 8.16. The number of halogens is 8. The van der Waals surface area contributed by atoms with Crippen LogP contribution in [0.1, 0.15) is 56.5 Å². The zero-order chi connectivity index (χ0) is 33.3. The molecule has 236 valence electrons. The fourth-order valence-electron chi connectivity index (χ4n) is 3.81. The number of benzene rings is 2. The van der Waals surface area contributed by atoms with Gasteiger partial charge in [-0.3, -0.25) is 19.6 Å². The van der Waals surface area contributed by atoms with Gasteiger partial charge in [0.2, 0.25) is 0 Å². The number of rotatable bonds is 4. The van der Waals surface area contributed by atoms with E-state index in [4.69, 9.17) is 5.26 Å². The fraction of sp³-hybridized carbons (Fsp3) is 0.370. The minimum atomic E-state index is -4.77. The van der Waals surface area contributed by atoms with Gasteiger partial charge >= 0.3 is 12.4 Å². The summed E-state index contributed by atoms with van der Waals surface area (Å²) in [5.41, 5.74) is 0.616. The maximum Gasteiger partial charge on any atom is 0.412 e. The molecule has 2 amide bonds.